The van der Waals surface area contributed by atoms with E-state index in [1.54, 1.807) is 4.90 Å². The van der Waals surface area contributed by atoms with E-state index in [-0.39, 0.29) is 5.91 Å². The van der Waals surface area contributed by atoms with Gasteiger partial charge in [0.2, 0.25) is 0 Å². The molecule has 0 saturated carbocycles. The first-order valence-corrected chi connectivity index (χ1v) is 8.86. The minimum Gasteiger partial charge on any atom is -0.338 e. The van der Waals surface area contributed by atoms with Crippen LogP contribution in [0.15, 0.2) is 36.4 Å². The molecule has 0 N–H and O–H groups in total. The Kier molecular flexibility index (Phi) is 4.07. The SMILES string of the molecule is Cc1cc(C)c2c(c1)C1(OCCCO1)C(=O)N2Cc1ccccc1Cl. The summed E-state index contributed by atoms with van der Waals surface area (Å²) >= 11 is 6.32. The highest BCUT2D eigenvalue weighted by atomic mass is 35.5. The Hall–Kier alpha value is -1.88. The van der Waals surface area contributed by atoms with Gasteiger partial charge in [0.1, 0.15) is 0 Å². The fraction of sp³-hybridized carbons (Fsp3) is 0.350. The van der Waals surface area contributed by atoms with Crippen molar-refractivity contribution in [1.82, 2.24) is 0 Å². The molecule has 2 aliphatic rings. The quantitative estimate of drug-likeness (QED) is 0.812. The van der Waals surface area contributed by atoms with Crippen LogP contribution in [0.2, 0.25) is 5.02 Å². The van der Waals surface area contributed by atoms with Crippen molar-refractivity contribution in [2.75, 3.05) is 18.1 Å². The molecule has 1 spiro atoms. The standard InChI is InChI=1S/C20H20ClNO3/c1-13-10-14(2)18-16(11-13)20(24-8-5-9-25-20)19(23)22(18)12-15-6-3-4-7-17(15)21/h3-4,6-7,10-11H,5,8-9,12H2,1-2H3. The van der Waals surface area contributed by atoms with Gasteiger partial charge in [-0.1, -0.05) is 41.4 Å². The lowest BCUT2D eigenvalue weighted by atomic mass is 10.00. The molecular weight excluding hydrogens is 338 g/mol. The highest BCUT2D eigenvalue weighted by molar-refractivity contribution is 6.31. The zero-order valence-corrected chi connectivity index (χ0v) is 15.1. The molecule has 5 heteroatoms. The van der Waals surface area contributed by atoms with Gasteiger partial charge >= 0.3 is 0 Å². The summed E-state index contributed by atoms with van der Waals surface area (Å²) in [6.07, 6.45) is 0.791. The number of anilines is 1. The molecule has 0 atom stereocenters. The summed E-state index contributed by atoms with van der Waals surface area (Å²) in [6, 6.07) is 11.7. The van der Waals surface area contributed by atoms with E-state index in [0.717, 1.165) is 34.4 Å². The van der Waals surface area contributed by atoms with Crippen molar-refractivity contribution in [2.24, 2.45) is 0 Å². The molecule has 1 amide bonds. The molecule has 2 aliphatic heterocycles. The molecule has 130 valence electrons. The summed E-state index contributed by atoms with van der Waals surface area (Å²) < 4.78 is 11.9. The van der Waals surface area contributed by atoms with Crippen molar-refractivity contribution >= 4 is 23.2 Å². The number of carbonyl (C=O) groups excluding carboxylic acids is 1. The molecule has 4 rings (SSSR count). The van der Waals surface area contributed by atoms with Gasteiger partial charge in [0.05, 0.1) is 25.4 Å². The van der Waals surface area contributed by atoms with Gasteiger partial charge in [0, 0.05) is 10.6 Å². The third-order valence-corrected chi connectivity index (χ3v) is 5.15. The van der Waals surface area contributed by atoms with Crippen molar-refractivity contribution in [3.63, 3.8) is 0 Å². The molecule has 1 saturated heterocycles. The number of nitrogens with zero attached hydrogens (tertiary/aromatic N) is 1. The Morgan fingerprint density at radius 2 is 1.88 bits per heavy atom. The second kappa shape index (κ2) is 6.13. The van der Waals surface area contributed by atoms with Crippen molar-refractivity contribution < 1.29 is 14.3 Å². The number of ether oxygens (including phenoxy) is 2. The number of benzene rings is 2. The largest absolute Gasteiger partial charge is 0.338 e. The van der Waals surface area contributed by atoms with Crippen molar-refractivity contribution in [3.8, 4) is 0 Å². The summed E-state index contributed by atoms with van der Waals surface area (Å²) in [5.74, 6) is -1.48. The molecule has 0 aromatic heterocycles. The predicted molar refractivity (Wildman–Crippen MR) is 96.8 cm³/mol. The molecule has 4 nitrogen and oxygen atoms in total. The molecule has 2 heterocycles. The maximum atomic E-state index is 13.4. The first-order valence-electron chi connectivity index (χ1n) is 8.48. The summed E-state index contributed by atoms with van der Waals surface area (Å²) in [5, 5.41) is 0.646. The van der Waals surface area contributed by atoms with Gasteiger partial charge in [0.15, 0.2) is 0 Å². The van der Waals surface area contributed by atoms with Gasteiger partial charge in [-0.3, -0.25) is 4.79 Å². The Labute approximate surface area is 152 Å². The summed E-state index contributed by atoms with van der Waals surface area (Å²) in [5.41, 5.74) is 4.70. The van der Waals surface area contributed by atoms with E-state index < -0.39 is 5.79 Å². The van der Waals surface area contributed by atoms with Crippen LogP contribution < -0.4 is 4.90 Å². The predicted octanol–water partition coefficient (Wildman–Crippen LogP) is 4.09. The van der Waals surface area contributed by atoms with Crippen molar-refractivity contribution in [1.29, 1.82) is 0 Å². The topological polar surface area (TPSA) is 38.8 Å². The van der Waals surface area contributed by atoms with E-state index in [0.29, 0.717) is 24.8 Å². The molecular formula is C20H20ClNO3. The van der Waals surface area contributed by atoms with Crippen LogP contribution in [-0.2, 0) is 26.6 Å². The molecule has 0 radical (unpaired) electrons. The van der Waals surface area contributed by atoms with Crippen molar-refractivity contribution in [3.05, 3.63) is 63.7 Å². The maximum Gasteiger partial charge on any atom is 0.292 e. The highest BCUT2D eigenvalue weighted by Gasteiger charge is 2.55. The molecule has 0 aliphatic carbocycles. The van der Waals surface area contributed by atoms with Crippen LogP contribution in [0.5, 0.6) is 0 Å². The first-order chi connectivity index (χ1) is 12.0. The fourth-order valence-corrected chi connectivity index (χ4v) is 3.92. The van der Waals surface area contributed by atoms with Gasteiger partial charge in [0.25, 0.3) is 11.7 Å². The van der Waals surface area contributed by atoms with Crippen LogP contribution in [0.3, 0.4) is 0 Å². The van der Waals surface area contributed by atoms with E-state index in [9.17, 15) is 4.79 Å². The average Bonchev–Trinajstić information content (AvgIpc) is 2.81. The molecule has 25 heavy (non-hydrogen) atoms. The van der Waals surface area contributed by atoms with Crippen LogP contribution in [0, 0.1) is 13.8 Å². The molecule has 1 fully saturated rings. The summed E-state index contributed by atoms with van der Waals surface area (Å²) in [7, 11) is 0. The second-order valence-corrected chi connectivity index (χ2v) is 7.03. The smallest absolute Gasteiger partial charge is 0.292 e. The lowest BCUT2D eigenvalue weighted by molar-refractivity contribution is -0.256. The van der Waals surface area contributed by atoms with Gasteiger partial charge in [-0.2, -0.15) is 0 Å². The summed E-state index contributed by atoms with van der Waals surface area (Å²) in [4.78, 5) is 15.1. The monoisotopic (exact) mass is 357 g/mol. The molecule has 0 bridgehead atoms. The number of aryl methyl sites for hydroxylation is 2. The van der Waals surface area contributed by atoms with Gasteiger partial charge in [-0.05, 0) is 43.5 Å². The highest BCUT2D eigenvalue weighted by Crippen LogP contribution is 2.48. The number of hydrogen-bond donors (Lipinski definition) is 0. The van der Waals surface area contributed by atoms with Crippen LogP contribution in [-0.4, -0.2) is 19.1 Å². The number of halogens is 1. The lowest BCUT2D eigenvalue weighted by Gasteiger charge is -2.32. The van der Waals surface area contributed by atoms with E-state index in [1.165, 1.54) is 0 Å². The van der Waals surface area contributed by atoms with Crippen LogP contribution in [0.25, 0.3) is 0 Å². The number of rotatable bonds is 2. The normalized spacial score (nSPS) is 18.7. The fourth-order valence-electron chi connectivity index (χ4n) is 3.72. The molecule has 2 aromatic rings. The Bertz CT molecular complexity index is 843. The zero-order valence-electron chi connectivity index (χ0n) is 14.3. The minimum absolute atomic E-state index is 0.171. The Balaban J connectivity index is 1.84. The third kappa shape index (κ3) is 2.56. The number of fused-ring (bicyclic) bond motifs is 2. The number of amides is 1. The average molecular weight is 358 g/mol. The zero-order chi connectivity index (χ0) is 17.6. The van der Waals surface area contributed by atoms with Crippen LogP contribution in [0.1, 0.15) is 28.7 Å². The van der Waals surface area contributed by atoms with Gasteiger partial charge < -0.3 is 14.4 Å². The Morgan fingerprint density at radius 1 is 1.16 bits per heavy atom. The number of hydrogen-bond acceptors (Lipinski definition) is 3. The maximum absolute atomic E-state index is 13.4. The first kappa shape index (κ1) is 16.6. The Morgan fingerprint density at radius 3 is 2.60 bits per heavy atom. The van der Waals surface area contributed by atoms with E-state index in [2.05, 4.69) is 6.07 Å². The lowest BCUT2D eigenvalue weighted by Crippen LogP contribution is -2.47. The van der Waals surface area contributed by atoms with Crippen molar-refractivity contribution in [2.45, 2.75) is 32.6 Å². The van der Waals surface area contributed by atoms with Crippen LogP contribution >= 0.6 is 11.6 Å². The minimum atomic E-state index is -1.31. The van der Waals surface area contributed by atoms with Crippen LogP contribution in [0.4, 0.5) is 5.69 Å². The van der Waals surface area contributed by atoms with E-state index >= 15 is 0 Å². The second-order valence-electron chi connectivity index (χ2n) is 6.63. The summed E-state index contributed by atoms with van der Waals surface area (Å²) in [6.45, 7) is 5.45. The van der Waals surface area contributed by atoms with E-state index in [1.807, 2.05) is 44.2 Å². The van der Waals surface area contributed by atoms with E-state index in [4.69, 9.17) is 21.1 Å². The van der Waals surface area contributed by atoms with Gasteiger partial charge in [-0.15, -0.1) is 0 Å². The third-order valence-electron chi connectivity index (χ3n) is 4.78. The number of carbonyl (C=O) groups is 1. The van der Waals surface area contributed by atoms with Gasteiger partial charge in [-0.25, -0.2) is 0 Å². The molecule has 0 unspecified atom stereocenters. The molecule has 2 aromatic carbocycles.